The molecule has 1 aliphatic heterocycles. The topological polar surface area (TPSA) is 286 Å². The fourth-order valence-corrected chi connectivity index (χ4v) is 12.5. The van der Waals surface area contributed by atoms with E-state index in [0.717, 1.165) is 11.3 Å². The van der Waals surface area contributed by atoms with E-state index >= 15 is 0 Å². The molecule has 2 heterocycles. The number of rotatable bonds is 12. The van der Waals surface area contributed by atoms with Crippen LogP contribution >= 0.6 is 0 Å². The highest BCUT2D eigenvalue weighted by Gasteiger charge is 2.45. The number of H-pyrrole nitrogens is 1. The van der Waals surface area contributed by atoms with Crippen molar-refractivity contribution in [3.05, 3.63) is 36.0 Å². The molecule has 0 aliphatic carbocycles. The van der Waals surface area contributed by atoms with Crippen molar-refractivity contribution in [3.63, 3.8) is 0 Å². The predicted molar refractivity (Wildman–Crippen MR) is 369 cm³/mol. The number of likely N-dealkylation sites (N-methyl/N-ethyl adjacent to an activating group) is 9. The van der Waals surface area contributed by atoms with E-state index in [-0.39, 0.29) is 0 Å². The van der Waals surface area contributed by atoms with E-state index < -0.39 is 193 Å². The van der Waals surface area contributed by atoms with Gasteiger partial charge in [-0.2, -0.15) is 0 Å². The summed E-state index contributed by atoms with van der Waals surface area (Å²) in [6, 6.07) is -0.686. The summed E-state index contributed by atoms with van der Waals surface area (Å²) in [6.45, 7) is 28.3. The second kappa shape index (κ2) is 37.6. The molecule has 11 atom stereocenters. The summed E-state index contributed by atoms with van der Waals surface area (Å²) >= 11 is 0. The average molecular weight is 1330 g/mol. The predicted octanol–water partition coefficient (Wildman–Crippen LogP) is 4.57. The maximum atomic E-state index is 14.8. The molecule has 2 aromatic rings. The van der Waals surface area contributed by atoms with Gasteiger partial charge < -0.3 is 65.0 Å². The summed E-state index contributed by atoms with van der Waals surface area (Å²) in [7, 11) is 12.9. The van der Waals surface area contributed by atoms with Crippen LogP contribution in [0.4, 0.5) is 0 Å². The zero-order valence-electron chi connectivity index (χ0n) is 62.2. The second-order valence-electron chi connectivity index (χ2n) is 28.0. The van der Waals surface area contributed by atoms with Crippen LogP contribution in [0.3, 0.4) is 0 Å². The Morgan fingerprint density at radius 1 is 0.389 bits per heavy atom. The van der Waals surface area contributed by atoms with Gasteiger partial charge in [0.15, 0.2) is 0 Å². The lowest BCUT2D eigenvalue weighted by Gasteiger charge is -2.41. The van der Waals surface area contributed by atoms with Crippen molar-refractivity contribution in [2.24, 2.45) is 47.3 Å². The van der Waals surface area contributed by atoms with Gasteiger partial charge >= 0.3 is 0 Å². The lowest BCUT2D eigenvalue weighted by atomic mass is 9.93. The van der Waals surface area contributed by atoms with E-state index in [2.05, 4.69) is 58.3 Å². The number of para-hydroxylation sites is 1. The summed E-state index contributed by atoms with van der Waals surface area (Å²) in [5, 5.41) is 9.55. The van der Waals surface area contributed by atoms with E-state index in [1.165, 1.54) is 119 Å². The molecule has 12 amide bonds. The zero-order valence-corrected chi connectivity index (χ0v) is 62.2. The molecule has 95 heavy (non-hydrogen) atoms. The quantitative estimate of drug-likeness (QED) is 0.227. The number of nitrogens with one attached hydrogen (secondary N) is 4. The van der Waals surface area contributed by atoms with E-state index in [0.29, 0.717) is 19.3 Å². The number of hydrogen-bond donors (Lipinski definition) is 4. The molecule has 1 aliphatic rings. The minimum absolute atomic E-state index is 0.430. The molecule has 4 N–H and O–H groups in total. The van der Waals surface area contributed by atoms with Gasteiger partial charge in [0.25, 0.3) is 0 Å². The number of benzene rings is 1. The SMILES string of the molecule is CC[C@H](C)C1NC(=O)C(C(C)C)N(C)C(=O)CNC(=O)CN(C)C(=O)C([C@@H](C)CC)N(C)C(=O)C(C(C)C)NC(=O)CN(C)C(=O)C([C@@H](C)CC)N(C)C(=O)C(C(C)C)N(C)C(=O)CN(C)C(=O)C(C(C)C)N(C)C(=O)[C@H](C(C)C)N(C)C1=O.CCc1c[nH]c2ccccc12. The van der Waals surface area contributed by atoms with Crippen LogP contribution in [0.25, 0.3) is 10.9 Å². The van der Waals surface area contributed by atoms with Crippen LogP contribution in [0.15, 0.2) is 30.5 Å². The first kappa shape index (κ1) is 83.5. The van der Waals surface area contributed by atoms with E-state index in [9.17, 15) is 57.5 Å². The normalized spacial score (nSPS) is 24.3. The summed E-state index contributed by atoms with van der Waals surface area (Å²) < 4.78 is 0. The van der Waals surface area contributed by atoms with Crippen LogP contribution in [0.1, 0.15) is 143 Å². The average Bonchev–Trinajstić information content (AvgIpc) is 1.52. The van der Waals surface area contributed by atoms with Crippen LogP contribution in [-0.2, 0) is 64.0 Å². The number of fused-ring (bicyclic) bond motifs is 1. The number of carbonyl (C=O) groups excluding carboxylic acids is 12. The van der Waals surface area contributed by atoms with Crippen molar-refractivity contribution >= 4 is 81.8 Å². The molecule has 7 unspecified atom stereocenters. The third kappa shape index (κ3) is 21.4. The van der Waals surface area contributed by atoms with Crippen LogP contribution < -0.4 is 16.0 Å². The molecule has 0 radical (unpaired) electrons. The molecule has 0 spiro atoms. The molecule has 3 rings (SSSR count). The Kier molecular flexibility index (Phi) is 33.1. The molecule has 1 fully saturated rings. The third-order valence-corrected chi connectivity index (χ3v) is 18.9. The Morgan fingerprint density at radius 2 is 0.768 bits per heavy atom. The van der Waals surface area contributed by atoms with E-state index in [1.54, 1.807) is 90.0 Å². The molecule has 1 saturated heterocycles. The molecular weight excluding hydrogens is 1210 g/mol. The lowest BCUT2D eigenvalue weighted by molar-refractivity contribution is -0.156. The fraction of sp³-hybridized carbons (Fsp3) is 0.714. The standard InChI is InChI=1S/C60H108N12O12.C10H11N/c1-26-38(14)46-55(79)69(22)50(37(12)13)60(84)70(23)48(35(8)9)56(80)66(19)32-44(76)68(21)49(36(10)11)59(83)72(25)52(40(16)28-3)58(82)65(18)31-42(74)62-45(33(4)5)54(78)71(24)51(39(15)27-2)57(81)64(17)30-41(73)61-29-43(75)67(20)47(34(6)7)53(77)63-46;1-2-8-7-11-10-6-4-3-5-9(8)10/h33-40,45-52H,26-32H2,1-25H3,(H,61,73)(H,62,74)(H,63,77);3-7,11H,2H2,1H3/t38-,39-,40-,45?,46?,47?,48?,49?,50-,51?,52?;/m0./s1. The van der Waals surface area contributed by atoms with Crippen molar-refractivity contribution in [1.29, 1.82) is 0 Å². The van der Waals surface area contributed by atoms with Gasteiger partial charge in [-0.1, -0.05) is 155 Å². The summed E-state index contributed by atoms with van der Waals surface area (Å²) in [5.74, 6) is -11.3. The fourth-order valence-electron chi connectivity index (χ4n) is 12.5. The number of hydrogen-bond acceptors (Lipinski definition) is 12. The highest BCUT2D eigenvalue weighted by molar-refractivity contribution is 5.99. The van der Waals surface area contributed by atoms with Gasteiger partial charge in [-0.3, -0.25) is 57.5 Å². The monoisotopic (exact) mass is 1330 g/mol. The van der Waals surface area contributed by atoms with Crippen LogP contribution in [0.2, 0.25) is 0 Å². The zero-order chi connectivity index (χ0) is 73.1. The maximum absolute atomic E-state index is 14.8. The molecule has 25 heteroatoms. The van der Waals surface area contributed by atoms with Gasteiger partial charge in [0.1, 0.15) is 48.3 Å². The van der Waals surface area contributed by atoms with Gasteiger partial charge in [-0.25, -0.2) is 0 Å². The largest absolute Gasteiger partial charge is 0.361 e. The Morgan fingerprint density at radius 3 is 1.22 bits per heavy atom. The molecule has 536 valence electrons. The molecule has 1 aromatic carbocycles. The first-order valence-corrected chi connectivity index (χ1v) is 33.9. The number of aromatic nitrogens is 1. The van der Waals surface area contributed by atoms with Crippen molar-refractivity contribution in [3.8, 4) is 0 Å². The van der Waals surface area contributed by atoms with Crippen molar-refractivity contribution in [2.75, 3.05) is 89.6 Å². The summed E-state index contributed by atoms with van der Waals surface area (Å²) in [5.41, 5.74) is 2.64. The van der Waals surface area contributed by atoms with Gasteiger partial charge in [-0.05, 0) is 65.4 Å². The molecular formula is C70H119N13O12. The summed E-state index contributed by atoms with van der Waals surface area (Å²) in [6.07, 6.45) is 4.51. The number of carbonyl (C=O) groups is 12. The Balaban J connectivity index is 0.00000249. The summed E-state index contributed by atoms with van der Waals surface area (Å²) in [4.78, 5) is 186. The number of amides is 12. The van der Waals surface area contributed by atoms with Crippen LogP contribution in [0.5, 0.6) is 0 Å². The van der Waals surface area contributed by atoms with Crippen LogP contribution in [-0.4, -0.2) is 258 Å². The Hall–Kier alpha value is -7.60. The molecule has 25 nitrogen and oxygen atoms in total. The van der Waals surface area contributed by atoms with Crippen molar-refractivity contribution in [1.82, 2.24) is 65.0 Å². The molecule has 0 saturated carbocycles. The highest BCUT2D eigenvalue weighted by atomic mass is 16.2. The maximum Gasteiger partial charge on any atom is 0.246 e. The smallest absolute Gasteiger partial charge is 0.246 e. The van der Waals surface area contributed by atoms with E-state index in [1.807, 2.05) is 20.8 Å². The number of aryl methyl sites for hydroxylation is 1. The number of nitrogens with zero attached hydrogens (tertiary/aromatic N) is 9. The number of aromatic amines is 1. The van der Waals surface area contributed by atoms with Gasteiger partial charge in [0.2, 0.25) is 70.9 Å². The lowest BCUT2D eigenvalue weighted by Crippen LogP contribution is -2.62. The third-order valence-electron chi connectivity index (χ3n) is 18.9. The van der Waals surface area contributed by atoms with Gasteiger partial charge in [-0.15, -0.1) is 0 Å². The Labute approximate surface area is 566 Å². The van der Waals surface area contributed by atoms with E-state index in [4.69, 9.17) is 0 Å². The van der Waals surface area contributed by atoms with Gasteiger partial charge in [0, 0.05) is 80.5 Å². The Bertz CT molecular complexity index is 2960. The minimum Gasteiger partial charge on any atom is -0.361 e. The second-order valence-corrected chi connectivity index (χ2v) is 28.0. The first-order valence-electron chi connectivity index (χ1n) is 33.9. The molecule has 1 aromatic heterocycles. The van der Waals surface area contributed by atoms with Crippen molar-refractivity contribution < 1.29 is 57.5 Å². The van der Waals surface area contributed by atoms with Crippen molar-refractivity contribution in [2.45, 2.75) is 192 Å². The molecule has 0 bridgehead atoms. The van der Waals surface area contributed by atoms with Crippen LogP contribution in [0, 0.1) is 47.3 Å². The minimum atomic E-state index is -1.18. The first-order chi connectivity index (χ1) is 44.1. The highest BCUT2D eigenvalue weighted by Crippen LogP contribution is 2.26. The van der Waals surface area contributed by atoms with Gasteiger partial charge in [0.05, 0.1) is 26.2 Å².